The maximum atomic E-state index is 13.5. The van der Waals surface area contributed by atoms with Gasteiger partial charge in [-0.1, -0.05) is 50.1 Å². The highest BCUT2D eigenvalue weighted by Crippen LogP contribution is 2.41. The van der Waals surface area contributed by atoms with Crippen LogP contribution < -0.4 is 5.32 Å². The first-order chi connectivity index (χ1) is 17.6. The average Bonchev–Trinajstić information content (AvgIpc) is 3.43. The van der Waals surface area contributed by atoms with E-state index in [1.807, 2.05) is 25.1 Å². The van der Waals surface area contributed by atoms with Crippen LogP contribution in [0.25, 0.3) is 22.2 Å². The van der Waals surface area contributed by atoms with Crippen LogP contribution in [0.4, 0.5) is 0 Å². The highest BCUT2D eigenvalue weighted by atomic mass is 16.4. The molecule has 2 bridgehead atoms. The van der Waals surface area contributed by atoms with Crippen LogP contribution in [0.1, 0.15) is 76.6 Å². The number of unbranched alkanes of at least 4 members (excludes halogenated alkanes) is 2. The number of carbonyl (C=O) groups is 2. The van der Waals surface area contributed by atoms with Crippen LogP contribution in [0.3, 0.4) is 0 Å². The van der Waals surface area contributed by atoms with E-state index in [1.54, 1.807) is 0 Å². The van der Waals surface area contributed by atoms with Crippen molar-refractivity contribution < 1.29 is 14.0 Å². The van der Waals surface area contributed by atoms with Gasteiger partial charge in [-0.05, 0) is 74.6 Å². The molecule has 6 rings (SSSR count). The number of amides is 1. The van der Waals surface area contributed by atoms with E-state index in [1.165, 1.54) is 0 Å². The Bertz CT molecular complexity index is 1200. The van der Waals surface area contributed by atoms with Crippen molar-refractivity contribution in [3.8, 4) is 11.5 Å². The van der Waals surface area contributed by atoms with Gasteiger partial charge in [0.05, 0.1) is 5.41 Å². The molecule has 190 valence electrons. The molecule has 3 aliphatic heterocycles. The first-order valence-corrected chi connectivity index (χ1v) is 13.4. The van der Waals surface area contributed by atoms with Crippen molar-refractivity contribution in [2.75, 3.05) is 19.6 Å². The van der Waals surface area contributed by atoms with Crippen molar-refractivity contribution in [1.82, 2.24) is 20.4 Å². The van der Waals surface area contributed by atoms with Gasteiger partial charge in [0.2, 0.25) is 17.7 Å². The second-order valence-corrected chi connectivity index (χ2v) is 10.4. The van der Waals surface area contributed by atoms with Crippen LogP contribution in [0.5, 0.6) is 0 Å². The quantitative estimate of drug-likeness (QED) is 0.361. The Morgan fingerprint density at radius 2 is 1.75 bits per heavy atom. The van der Waals surface area contributed by atoms with Crippen LogP contribution in [-0.4, -0.2) is 46.4 Å². The van der Waals surface area contributed by atoms with E-state index in [9.17, 15) is 9.59 Å². The van der Waals surface area contributed by atoms with Crippen molar-refractivity contribution in [3.63, 3.8) is 0 Å². The summed E-state index contributed by atoms with van der Waals surface area (Å²) in [7, 11) is 0. The number of ketones is 1. The Labute approximate surface area is 212 Å². The SMILES string of the molecule is CCC(=O)CCCCCC(NC(=O)C12CCN(CC1)CC2)c1nnc(-c2ccc3ccccc3c2)o1. The van der Waals surface area contributed by atoms with Crippen molar-refractivity contribution >= 4 is 22.5 Å². The minimum absolute atomic E-state index is 0.124. The van der Waals surface area contributed by atoms with Gasteiger partial charge in [0.25, 0.3) is 0 Å². The summed E-state index contributed by atoms with van der Waals surface area (Å²) < 4.78 is 6.16. The standard InChI is InChI=1S/C29H36N4O3/c1-2-24(34)10-4-3-5-11-25(30-28(35)29-14-17-33(18-15-29)19-16-29)27-32-31-26(36-27)23-13-12-21-8-6-7-9-22(21)20-23/h6-9,12-13,20,25H,2-5,10-11,14-19H2,1H3,(H,30,35). The fourth-order valence-electron chi connectivity index (χ4n) is 5.57. The zero-order valence-corrected chi connectivity index (χ0v) is 21.2. The lowest BCUT2D eigenvalue weighted by Crippen LogP contribution is -2.55. The maximum absolute atomic E-state index is 13.5. The van der Waals surface area contributed by atoms with Crippen molar-refractivity contribution in [1.29, 1.82) is 0 Å². The molecular formula is C29H36N4O3. The third-order valence-electron chi connectivity index (χ3n) is 8.08. The minimum atomic E-state index is -0.324. The number of hydrogen-bond acceptors (Lipinski definition) is 6. The molecule has 3 saturated heterocycles. The Morgan fingerprint density at radius 1 is 1.00 bits per heavy atom. The lowest BCUT2D eigenvalue weighted by Gasteiger charge is -2.47. The molecular weight excluding hydrogens is 452 g/mol. The van der Waals surface area contributed by atoms with Crippen LogP contribution in [0.2, 0.25) is 0 Å². The molecule has 0 spiro atoms. The maximum Gasteiger partial charge on any atom is 0.247 e. The minimum Gasteiger partial charge on any atom is -0.418 e. The predicted octanol–water partition coefficient (Wildman–Crippen LogP) is 5.46. The number of carbonyl (C=O) groups excluding carboxylic acids is 2. The van der Waals surface area contributed by atoms with E-state index < -0.39 is 0 Å². The fourth-order valence-corrected chi connectivity index (χ4v) is 5.57. The van der Waals surface area contributed by atoms with E-state index in [4.69, 9.17) is 4.42 Å². The fraction of sp³-hybridized carbons (Fsp3) is 0.517. The number of nitrogens with zero attached hydrogens (tertiary/aromatic N) is 3. The topological polar surface area (TPSA) is 88.3 Å². The van der Waals surface area contributed by atoms with Gasteiger partial charge in [0, 0.05) is 18.4 Å². The summed E-state index contributed by atoms with van der Waals surface area (Å²) in [6, 6.07) is 14.0. The van der Waals surface area contributed by atoms with Crippen molar-refractivity contribution in [2.24, 2.45) is 5.41 Å². The highest BCUT2D eigenvalue weighted by Gasteiger charge is 2.45. The molecule has 4 heterocycles. The van der Waals surface area contributed by atoms with Gasteiger partial charge >= 0.3 is 0 Å². The third kappa shape index (κ3) is 5.36. The molecule has 3 fully saturated rings. The summed E-state index contributed by atoms with van der Waals surface area (Å²) >= 11 is 0. The number of Topliss-reactive ketones (excluding diaryl/α,β-unsaturated/α-hetero) is 1. The lowest BCUT2D eigenvalue weighted by molar-refractivity contribution is -0.139. The lowest BCUT2D eigenvalue weighted by atomic mass is 9.71. The van der Waals surface area contributed by atoms with E-state index in [-0.39, 0.29) is 17.4 Å². The molecule has 7 heteroatoms. The van der Waals surface area contributed by atoms with Crippen LogP contribution in [-0.2, 0) is 9.59 Å². The van der Waals surface area contributed by atoms with E-state index in [0.717, 1.165) is 74.5 Å². The first-order valence-electron chi connectivity index (χ1n) is 13.4. The molecule has 0 saturated carbocycles. The summed E-state index contributed by atoms with van der Waals surface area (Å²) in [6.07, 6.45) is 7.37. The molecule has 7 nitrogen and oxygen atoms in total. The smallest absolute Gasteiger partial charge is 0.247 e. The molecule has 36 heavy (non-hydrogen) atoms. The molecule has 1 atom stereocenters. The Kier molecular flexibility index (Phi) is 7.46. The Balaban J connectivity index is 1.31. The third-order valence-corrected chi connectivity index (χ3v) is 8.08. The monoisotopic (exact) mass is 488 g/mol. The Hall–Kier alpha value is -3.06. The molecule has 1 amide bonds. The Morgan fingerprint density at radius 3 is 2.50 bits per heavy atom. The highest BCUT2D eigenvalue weighted by molar-refractivity contribution is 5.86. The number of rotatable bonds is 11. The molecule has 0 aliphatic carbocycles. The van der Waals surface area contributed by atoms with Gasteiger partial charge in [-0.2, -0.15) is 0 Å². The van der Waals surface area contributed by atoms with Crippen LogP contribution in [0.15, 0.2) is 46.9 Å². The summed E-state index contributed by atoms with van der Waals surface area (Å²) in [5.41, 5.74) is 0.593. The molecule has 1 N–H and O–H groups in total. The van der Waals surface area contributed by atoms with Gasteiger partial charge in [-0.15, -0.1) is 10.2 Å². The number of fused-ring (bicyclic) bond motifs is 4. The zero-order chi connectivity index (χ0) is 25.0. The summed E-state index contributed by atoms with van der Waals surface area (Å²) in [6.45, 7) is 4.90. The van der Waals surface area contributed by atoms with Gasteiger partial charge in [-0.3, -0.25) is 9.59 Å². The van der Waals surface area contributed by atoms with Gasteiger partial charge in [-0.25, -0.2) is 0 Å². The van der Waals surface area contributed by atoms with Crippen LogP contribution >= 0.6 is 0 Å². The van der Waals surface area contributed by atoms with Gasteiger partial charge in [0.15, 0.2) is 0 Å². The normalized spacial score (nSPS) is 22.0. The second kappa shape index (κ2) is 10.9. The average molecular weight is 489 g/mol. The number of aromatic nitrogens is 2. The van der Waals surface area contributed by atoms with Crippen LogP contribution in [0, 0.1) is 5.41 Å². The molecule has 0 radical (unpaired) electrons. The number of piperidine rings is 3. The number of benzene rings is 2. The zero-order valence-electron chi connectivity index (χ0n) is 21.2. The van der Waals surface area contributed by atoms with E-state index in [0.29, 0.717) is 36.8 Å². The largest absolute Gasteiger partial charge is 0.418 e. The molecule has 3 aromatic rings. The predicted molar refractivity (Wildman–Crippen MR) is 139 cm³/mol. The first kappa shape index (κ1) is 24.6. The molecule has 1 aromatic heterocycles. The summed E-state index contributed by atoms with van der Waals surface area (Å²) in [4.78, 5) is 27.6. The van der Waals surface area contributed by atoms with E-state index >= 15 is 0 Å². The van der Waals surface area contributed by atoms with Crippen molar-refractivity contribution in [3.05, 3.63) is 48.4 Å². The number of nitrogens with one attached hydrogen (secondary N) is 1. The van der Waals surface area contributed by atoms with Gasteiger partial charge < -0.3 is 14.6 Å². The number of hydrogen-bond donors (Lipinski definition) is 1. The van der Waals surface area contributed by atoms with Crippen molar-refractivity contribution in [2.45, 2.75) is 70.8 Å². The summed E-state index contributed by atoms with van der Waals surface area (Å²) in [5.74, 6) is 1.35. The van der Waals surface area contributed by atoms with E-state index in [2.05, 4.69) is 44.7 Å². The second-order valence-electron chi connectivity index (χ2n) is 10.4. The molecule has 1 unspecified atom stereocenters. The van der Waals surface area contributed by atoms with Gasteiger partial charge in [0.1, 0.15) is 11.8 Å². The molecule has 2 aromatic carbocycles. The summed E-state index contributed by atoms with van der Waals surface area (Å²) in [5, 5.41) is 14.3. The molecule has 3 aliphatic rings.